The third kappa shape index (κ3) is 5.10. The number of benzene rings is 1. The first-order valence-corrected chi connectivity index (χ1v) is 13.8. The highest BCUT2D eigenvalue weighted by molar-refractivity contribution is 6.03. The molecular weight excluding hydrogens is 532 g/mol. The molecule has 5 aromatic heterocycles. The molecule has 0 radical (unpaired) electrons. The zero-order valence-electron chi connectivity index (χ0n) is 22.9. The quantitative estimate of drug-likeness (QED) is 0.276. The lowest BCUT2D eigenvalue weighted by Gasteiger charge is -2.22. The Morgan fingerprint density at radius 2 is 1.90 bits per heavy atom. The molecule has 1 unspecified atom stereocenters. The van der Waals surface area contributed by atoms with E-state index in [0.29, 0.717) is 23.0 Å². The number of nitrogens with zero attached hydrogens (tertiary/aromatic N) is 8. The molecule has 1 aliphatic heterocycles. The molecule has 0 bridgehead atoms. The molecule has 42 heavy (non-hydrogen) atoms. The van der Waals surface area contributed by atoms with Gasteiger partial charge in [0.15, 0.2) is 11.6 Å². The molecule has 1 amide bonds. The highest BCUT2D eigenvalue weighted by atomic mass is 16.5. The minimum Gasteiger partial charge on any atom is -0.357 e. The molecule has 0 aliphatic carbocycles. The average molecular weight is 561 g/mol. The monoisotopic (exact) mass is 560 g/mol. The van der Waals surface area contributed by atoms with Crippen LogP contribution in [0.1, 0.15) is 35.8 Å². The van der Waals surface area contributed by atoms with E-state index in [1.807, 2.05) is 65.6 Å². The van der Waals surface area contributed by atoms with Gasteiger partial charge in [0.25, 0.3) is 5.91 Å². The molecule has 2 N–H and O–H groups in total. The summed E-state index contributed by atoms with van der Waals surface area (Å²) in [7, 11) is 1.76. The third-order valence-electron chi connectivity index (χ3n) is 7.12. The number of hydrogen-bond acceptors (Lipinski definition) is 8. The standard InChI is InChI=1S/C30H28N10O2/c1-38-18-21(16-32-38)30(41)36-26-9-6-10-27(35-26)40-25-8-3-2-7-23(25)29(37-40)34-22-12-13-24(31-17-22)20-15-33-39(19-20)28-11-4-5-14-42-28/h2-3,6-10,12-13,15-19,28H,4-5,11,14H2,1H3,(H,34,37)(H,35,36,41). The van der Waals surface area contributed by atoms with Crippen molar-refractivity contribution in [2.24, 2.45) is 7.05 Å². The van der Waals surface area contributed by atoms with E-state index < -0.39 is 0 Å². The Balaban J connectivity index is 1.12. The van der Waals surface area contributed by atoms with Gasteiger partial charge in [-0.2, -0.15) is 10.2 Å². The topological polar surface area (TPSA) is 130 Å². The molecule has 0 spiro atoms. The highest BCUT2D eigenvalue weighted by Crippen LogP contribution is 2.29. The Labute approximate surface area is 241 Å². The van der Waals surface area contributed by atoms with Gasteiger partial charge in [-0.25, -0.2) is 14.3 Å². The second-order valence-electron chi connectivity index (χ2n) is 10.1. The second-order valence-corrected chi connectivity index (χ2v) is 10.1. The Hall–Kier alpha value is -5.36. The smallest absolute Gasteiger partial charge is 0.260 e. The largest absolute Gasteiger partial charge is 0.357 e. The van der Waals surface area contributed by atoms with Crippen LogP contribution in [-0.2, 0) is 11.8 Å². The van der Waals surface area contributed by atoms with Gasteiger partial charge in [-0.3, -0.25) is 14.5 Å². The molecule has 210 valence electrons. The van der Waals surface area contributed by atoms with Crippen LogP contribution in [0, 0.1) is 0 Å². The van der Waals surface area contributed by atoms with Crippen molar-refractivity contribution in [3.63, 3.8) is 0 Å². The highest BCUT2D eigenvalue weighted by Gasteiger charge is 2.18. The van der Waals surface area contributed by atoms with Crippen molar-refractivity contribution in [1.82, 2.24) is 39.3 Å². The summed E-state index contributed by atoms with van der Waals surface area (Å²) in [4.78, 5) is 21.9. The molecular formula is C30H28N10O2. The van der Waals surface area contributed by atoms with Gasteiger partial charge < -0.3 is 15.4 Å². The van der Waals surface area contributed by atoms with E-state index in [1.165, 1.54) is 6.20 Å². The summed E-state index contributed by atoms with van der Waals surface area (Å²) >= 11 is 0. The van der Waals surface area contributed by atoms with Gasteiger partial charge in [0, 0.05) is 37.0 Å². The van der Waals surface area contributed by atoms with E-state index in [2.05, 4.69) is 30.8 Å². The van der Waals surface area contributed by atoms with Crippen molar-refractivity contribution in [1.29, 1.82) is 0 Å². The van der Waals surface area contributed by atoms with Crippen LogP contribution in [0.25, 0.3) is 28.0 Å². The van der Waals surface area contributed by atoms with Crippen LogP contribution in [0.15, 0.2) is 85.6 Å². The van der Waals surface area contributed by atoms with Gasteiger partial charge in [-0.1, -0.05) is 18.2 Å². The molecule has 0 saturated carbocycles. The van der Waals surface area contributed by atoms with Crippen molar-refractivity contribution in [2.45, 2.75) is 25.5 Å². The summed E-state index contributed by atoms with van der Waals surface area (Å²) in [6.45, 7) is 0.771. The minimum atomic E-state index is -0.286. The maximum atomic E-state index is 12.6. The zero-order chi connectivity index (χ0) is 28.5. The van der Waals surface area contributed by atoms with Gasteiger partial charge in [-0.15, -0.1) is 5.10 Å². The van der Waals surface area contributed by atoms with E-state index in [0.717, 1.165) is 53.7 Å². The number of ether oxygens (including phenoxy) is 1. The van der Waals surface area contributed by atoms with Crippen molar-refractivity contribution in [3.05, 3.63) is 91.1 Å². The Morgan fingerprint density at radius 3 is 2.71 bits per heavy atom. The number of hydrogen-bond donors (Lipinski definition) is 2. The number of nitrogens with one attached hydrogen (secondary N) is 2. The van der Waals surface area contributed by atoms with Crippen LogP contribution in [0.2, 0.25) is 0 Å². The number of rotatable bonds is 7. The summed E-state index contributed by atoms with van der Waals surface area (Å²) in [5, 5.41) is 20.5. The molecule has 1 aromatic carbocycles. The summed E-state index contributed by atoms with van der Waals surface area (Å²) in [6, 6.07) is 17.2. The first-order valence-electron chi connectivity index (χ1n) is 13.8. The maximum Gasteiger partial charge on any atom is 0.260 e. The third-order valence-corrected chi connectivity index (χ3v) is 7.12. The van der Waals surface area contributed by atoms with Crippen molar-refractivity contribution >= 4 is 34.1 Å². The van der Waals surface area contributed by atoms with Crippen molar-refractivity contribution in [3.8, 4) is 17.1 Å². The molecule has 12 heteroatoms. The zero-order valence-corrected chi connectivity index (χ0v) is 22.9. The van der Waals surface area contributed by atoms with Gasteiger partial charge in [0.2, 0.25) is 0 Å². The number of fused-ring (bicyclic) bond motifs is 1. The minimum absolute atomic E-state index is 0.00977. The van der Waals surface area contributed by atoms with Crippen LogP contribution in [0.5, 0.6) is 0 Å². The first-order chi connectivity index (χ1) is 20.6. The van der Waals surface area contributed by atoms with Crippen molar-refractivity contribution in [2.75, 3.05) is 17.2 Å². The number of para-hydroxylation sites is 1. The Kier molecular flexibility index (Phi) is 6.64. The summed E-state index contributed by atoms with van der Waals surface area (Å²) in [6.07, 6.45) is 12.0. The number of aryl methyl sites for hydroxylation is 1. The number of aromatic nitrogens is 8. The Bertz CT molecular complexity index is 1860. The molecule has 1 atom stereocenters. The van der Waals surface area contributed by atoms with Crippen molar-refractivity contribution < 1.29 is 9.53 Å². The van der Waals surface area contributed by atoms with Gasteiger partial charge in [-0.05, 0) is 55.7 Å². The van der Waals surface area contributed by atoms with Crippen LogP contribution in [0.4, 0.5) is 17.3 Å². The van der Waals surface area contributed by atoms with E-state index in [-0.39, 0.29) is 12.1 Å². The van der Waals surface area contributed by atoms with Gasteiger partial charge in [0.1, 0.15) is 12.0 Å². The molecule has 6 aromatic rings. The predicted molar refractivity (Wildman–Crippen MR) is 158 cm³/mol. The lowest BCUT2D eigenvalue weighted by atomic mass is 10.2. The number of amides is 1. The molecule has 1 aliphatic rings. The van der Waals surface area contributed by atoms with E-state index >= 15 is 0 Å². The predicted octanol–water partition coefficient (Wildman–Crippen LogP) is 5.11. The van der Waals surface area contributed by atoms with Crippen LogP contribution in [0.3, 0.4) is 0 Å². The maximum absolute atomic E-state index is 12.6. The Morgan fingerprint density at radius 1 is 0.976 bits per heavy atom. The van der Waals surface area contributed by atoms with E-state index in [9.17, 15) is 4.79 Å². The first kappa shape index (κ1) is 25.6. The van der Waals surface area contributed by atoms with Crippen LogP contribution >= 0.6 is 0 Å². The number of carbonyl (C=O) groups is 1. The normalized spacial score (nSPS) is 15.1. The second kappa shape index (κ2) is 10.9. The molecule has 12 nitrogen and oxygen atoms in total. The number of pyridine rings is 2. The van der Waals surface area contributed by atoms with Crippen LogP contribution < -0.4 is 10.6 Å². The van der Waals surface area contributed by atoms with E-state index in [1.54, 1.807) is 34.9 Å². The number of carbonyl (C=O) groups excluding carboxylic acids is 1. The summed E-state index contributed by atoms with van der Waals surface area (Å²) < 4.78 is 11.1. The molecule has 6 heterocycles. The number of anilines is 3. The van der Waals surface area contributed by atoms with Gasteiger partial charge >= 0.3 is 0 Å². The fraction of sp³-hybridized carbons (Fsp3) is 0.200. The molecule has 7 rings (SSSR count). The molecule has 1 fully saturated rings. The molecule has 1 saturated heterocycles. The lowest BCUT2D eigenvalue weighted by molar-refractivity contribution is -0.0394. The fourth-order valence-corrected chi connectivity index (χ4v) is 5.01. The summed E-state index contributed by atoms with van der Waals surface area (Å²) in [5.41, 5.74) is 3.87. The van der Waals surface area contributed by atoms with Gasteiger partial charge in [0.05, 0.1) is 41.1 Å². The average Bonchev–Trinajstić information content (AvgIpc) is 3.78. The van der Waals surface area contributed by atoms with Crippen LogP contribution in [-0.4, -0.2) is 51.8 Å². The fourth-order valence-electron chi connectivity index (χ4n) is 5.01. The SMILES string of the molecule is Cn1cc(C(=O)Nc2cccc(-n3nc(Nc4ccc(-c5cnn(C6CCCCO6)c5)nc4)c4ccccc43)n2)cn1. The van der Waals surface area contributed by atoms with E-state index in [4.69, 9.17) is 9.84 Å². The lowest BCUT2D eigenvalue weighted by Crippen LogP contribution is -2.18. The summed E-state index contributed by atoms with van der Waals surface area (Å²) in [5.74, 6) is 1.35.